The highest BCUT2D eigenvalue weighted by Crippen LogP contribution is 2.21. The smallest absolute Gasteiger partial charge is 0.279 e. The van der Waals surface area contributed by atoms with Crippen LogP contribution in [-0.4, -0.2) is 47.5 Å². The molecule has 2 aliphatic heterocycles. The molecule has 0 aromatic heterocycles. The molecule has 0 radical (unpaired) electrons. The van der Waals surface area contributed by atoms with E-state index in [4.69, 9.17) is 5.73 Å². The van der Waals surface area contributed by atoms with Gasteiger partial charge < -0.3 is 16.0 Å². The highest BCUT2D eigenvalue weighted by Gasteiger charge is 2.33. The normalized spacial score (nSPS) is 29.2. The summed E-state index contributed by atoms with van der Waals surface area (Å²) in [6, 6.07) is -0.316. The summed E-state index contributed by atoms with van der Waals surface area (Å²) >= 11 is 1.19. The van der Waals surface area contributed by atoms with Gasteiger partial charge in [0.15, 0.2) is 0 Å². The van der Waals surface area contributed by atoms with Gasteiger partial charge in [0.1, 0.15) is 6.04 Å². The molecular weight excluding hydrogens is 238 g/mol. The van der Waals surface area contributed by atoms with E-state index in [1.165, 1.54) is 11.8 Å². The average molecular weight is 257 g/mol. The first kappa shape index (κ1) is 12.7. The number of amides is 2. The Morgan fingerprint density at radius 1 is 1.59 bits per heavy atom. The number of carbonyl (C=O) groups is 2. The molecule has 2 heterocycles. The van der Waals surface area contributed by atoms with Crippen molar-refractivity contribution in [3.8, 4) is 0 Å². The fraction of sp³-hybridized carbons (Fsp3) is 0.818. The van der Waals surface area contributed by atoms with Crippen LogP contribution in [-0.2, 0) is 4.79 Å². The summed E-state index contributed by atoms with van der Waals surface area (Å²) < 4.78 is 0. The maximum atomic E-state index is 12.2. The van der Waals surface area contributed by atoms with Gasteiger partial charge in [-0.1, -0.05) is 11.8 Å². The molecule has 5 nitrogen and oxygen atoms in total. The molecule has 2 rings (SSSR count). The standard InChI is InChI=1S/C11H19N3O2S/c12-4-3-8-2-1-5-14(6-8)10(15)9-7-17-11(16)13-9/h8-9H,1-7,12H2,(H,13,16). The van der Waals surface area contributed by atoms with Crippen molar-refractivity contribution >= 4 is 22.9 Å². The van der Waals surface area contributed by atoms with Gasteiger partial charge in [0.2, 0.25) is 5.91 Å². The van der Waals surface area contributed by atoms with E-state index < -0.39 is 0 Å². The van der Waals surface area contributed by atoms with Crippen LogP contribution in [0.2, 0.25) is 0 Å². The average Bonchev–Trinajstić information content (AvgIpc) is 2.76. The molecule has 2 aliphatic rings. The van der Waals surface area contributed by atoms with Crippen molar-refractivity contribution in [3.63, 3.8) is 0 Å². The molecule has 0 saturated carbocycles. The van der Waals surface area contributed by atoms with E-state index in [0.29, 0.717) is 18.2 Å². The van der Waals surface area contributed by atoms with Crippen molar-refractivity contribution < 1.29 is 9.59 Å². The fourth-order valence-electron chi connectivity index (χ4n) is 2.47. The molecule has 96 valence electrons. The second-order valence-electron chi connectivity index (χ2n) is 4.67. The molecule has 0 aromatic rings. The molecule has 2 atom stereocenters. The Hall–Kier alpha value is -0.750. The zero-order valence-electron chi connectivity index (χ0n) is 9.85. The number of hydrogen-bond acceptors (Lipinski definition) is 4. The van der Waals surface area contributed by atoms with E-state index in [-0.39, 0.29) is 17.2 Å². The van der Waals surface area contributed by atoms with E-state index in [1.54, 1.807) is 0 Å². The highest BCUT2D eigenvalue weighted by molar-refractivity contribution is 8.14. The molecule has 6 heteroatoms. The van der Waals surface area contributed by atoms with Crippen LogP contribution in [0.15, 0.2) is 0 Å². The lowest BCUT2D eigenvalue weighted by atomic mass is 9.94. The van der Waals surface area contributed by atoms with Crippen molar-refractivity contribution in [2.75, 3.05) is 25.4 Å². The quantitative estimate of drug-likeness (QED) is 0.767. The van der Waals surface area contributed by atoms with Gasteiger partial charge >= 0.3 is 0 Å². The number of likely N-dealkylation sites (tertiary alicyclic amines) is 1. The number of thioether (sulfide) groups is 1. The van der Waals surface area contributed by atoms with Crippen molar-refractivity contribution in [3.05, 3.63) is 0 Å². The summed E-state index contributed by atoms with van der Waals surface area (Å²) in [7, 11) is 0. The zero-order chi connectivity index (χ0) is 12.3. The minimum Gasteiger partial charge on any atom is -0.341 e. The van der Waals surface area contributed by atoms with Gasteiger partial charge in [0.25, 0.3) is 5.24 Å². The van der Waals surface area contributed by atoms with E-state index in [1.807, 2.05) is 4.90 Å². The van der Waals surface area contributed by atoms with Gasteiger partial charge in [0.05, 0.1) is 0 Å². The number of nitrogens with zero attached hydrogens (tertiary/aromatic N) is 1. The number of carbonyl (C=O) groups excluding carboxylic acids is 2. The van der Waals surface area contributed by atoms with Crippen LogP contribution in [0.1, 0.15) is 19.3 Å². The van der Waals surface area contributed by atoms with Gasteiger partial charge in [-0.2, -0.15) is 0 Å². The van der Waals surface area contributed by atoms with Gasteiger partial charge in [0, 0.05) is 18.8 Å². The Kier molecular flexibility index (Phi) is 4.28. The van der Waals surface area contributed by atoms with Gasteiger partial charge in [-0.25, -0.2) is 0 Å². The molecule has 3 N–H and O–H groups in total. The molecular formula is C11H19N3O2S. The molecule has 2 amide bonds. The van der Waals surface area contributed by atoms with Crippen LogP contribution in [0.4, 0.5) is 4.79 Å². The Morgan fingerprint density at radius 2 is 2.41 bits per heavy atom. The third-order valence-electron chi connectivity index (χ3n) is 3.38. The lowest BCUT2D eigenvalue weighted by molar-refractivity contribution is -0.134. The summed E-state index contributed by atoms with van der Waals surface area (Å²) in [5, 5.41) is 2.62. The fourth-order valence-corrected chi connectivity index (χ4v) is 3.24. The van der Waals surface area contributed by atoms with Crippen LogP contribution in [0.5, 0.6) is 0 Å². The first-order valence-electron chi connectivity index (χ1n) is 6.13. The molecule has 0 aromatic carbocycles. The predicted molar refractivity (Wildman–Crippen MR) is 67.8 cm³/mol. The predicted octanol–water partition coefficient (Wildman–Crippen LogP) is 0.399. The second kappa shape index (κ2) is 5.73. The molecule has 2 saturated heterocycles. The first-order chi connectivity index (χ1) is 8.20. The zero-order valence-corrected chi connectivity index (χ0v) is 10.7. The van der Waals surface area contributed by atoms with E-state index in [0.717, 1.165) is 32.4 Å². The van der Waals surface area contributed by atoms with Crippen LogP contribution < -0.4 is 11.1 Å². The number of nitrogens with two attached hydrogens (primary N) is 1. The summed E-state index contributed by atoms with van der Waals surface area (Å²) in [6.45, 7) is 2.30. The van der Waals surface area contributed by atoms with Crippen molar-refractivity contribution in [2.24, 2.45) is 11.7 Å². The number of hydrogen-bond donors (Lipinski definition) is 2. The third kappa shape index (κ3) is 3.13. The molecule has 2 unspecified atom stereocenters. The Balaban J connectivity index is 1.88. The summed E-state index contributed by atoms with van der Waals surface area (Å²) in [5.41, 5.74) is 5.56. The van der Waals surface area contributed by atoms with E-state index in [2.05, 4.69) is 5.32 Å². The molecule has 0 aliphatic carbocycles. The third-order valence-corrected chi connectivity index (χ3v) is 4.26. The molecule has 0 bridgehead atoms. The Labute approximate surface area is 105 Å². The number of nitrogens with one attached hydrogen (secondary N) is 1. The largest absolute Gasteiger partial charge is 0.341 e. The first-order valence-corrected chi connectivity index (χ1v) is 7.11. The van der Waals surface area contributed by atoms with Crippen molar-refractivity contribution in [1.82, 2.24) is 10.2 Å². The highest BCUT2D eigenvalue weighted by atomic mass is 32.2. The molecule has 2 fully saturated rings. The van der Waals surface area contributed by atoms with E-state index >= 15 is 0 Å². The van der Waals surface area contributed by atoms with E-state index in [9.17, 15) is 9.59 Å². The molecule has 0 spiro atoms. The number of piperidine rings is 1. The van der Waals surface area contributed by atoms with Crippen LogP contribution >= 0.6 is 11.8 Å². The second-order valence-corrected chi connectivity index (χ2v) is 5.66. The SMILES string of the molecule is NCCC1CCCN(C(=O)C2CSC(=O)N2)C1. The number of rotatable bonds is 3. The topological polar surface area (TPSA) is 75.4 Å². The van der Waals surface area contributed by atoms with Gasteiger partial charge in [-0.05, 0) is 31.7 Å². The lowest BCUT2D eigenvalue weighted by Crippen LogP contribution is -2.49. The Bertz CT molecular complexity index is 309. The molecule has 17 heavy (non-hydrogen) atoms. The van der Waals surface area contributed by atoms with Crippen LogP contribution in [0, 0.1) is 5.92 Å². The monoisotopic (exact) mass is 257 g/mol. The van der Waals surface area contributed by atoms with Crippen molar-refractivity contribution in [2.45, 2.75) is 25.3 Å². The maximum absolute atomic E-state index is 12.2. The summed E-state index contributed by atoms with van der Waals surface area (Å²) in [5.74, 6) is 1.17. The van der Waals surface area contributed by atoms with Crippen LogP contribution in [0.3, 0.4) is 0 Å². The van der Waals surface area contributed by atoms with Crippen LogP contribution in [0.25, 0.3) is 0 Å². The lowest BCUT2D eigenvalue weighted by Gasteiger charge is -2.34. The minimum absolute atomic E-state index is 0.0741. The summed E-state index contributed by atoms with van der Waals surface area (Å²) in [6.07, 6.45) is 3.19. The van der Waals surface area contributed by atoms with Crippen molar-refractivity contribution in [1.29, 1.82) is 0 Å². The van der Waals surface area contributed by atoms with Gasteiger partial charge in [-0.3, -0.25) is 9.59 Å². The summed E-state index contributed by atoms with van der Waals surface area (Å²) in [4.78, 5) is 25.1. The minimum atomic E-state index is -0.316. The maximum Gasteiger partial charge on any atom is 0.279 e. The van der Waals surface area contributed by atoms with Gasteiger partial charge in [-0.15, -0.1) is 0 Å². The Morgan fingerprint density at radius 3 is 3.06 bits per heavy atom.